The molecule has 0 aliphatic rings. The van der Waals surface area contributed by atoms with E-state index in [9.17, 15) is 58.5 Å². The lowest BCUT2D eigenvalue weighted by atomic mass is 9.86. The third kappa shape index (κ3) is 25.0. The summed E-state index contributed by atoms with van der Waals surface area (Å²) in [6.07, 6.45) is 3.18. The Balaban J connectivity index is 0.000000187. The molecule has 0 bridgehead atoms. The zero-order chi connectivity index (χ0) is 85.1. The number of carbonyl (C=O) groups is 9. The van der Waals surface area contributed by atoms with E-state index in [1.54, 1.807) is 80.7 Å². The minimum absolute atomic E-state index is 0.0267. The molecule has 12 aromatic rings. The van der Waals surface area contributed by atoms with Crippen molar-refractivity contribution in [1.82, 2.24) is 0 Å². The summed E-state index contributed by atoms with van der Waals surface area (Å²) >= 11 is 23.2. The molecule has 0 atom stereocenters. The predicted octanol–water partition coefficient (Wildman–Crippen LogP) is 20.5. The zero-order valence-electron chi connectivity index (χ0n) is 65.1. The number of ketones is 6. The highest BCUT2D eigenvalue weighted by molar-refractivity contribution is 9.10. The molecule has 0 saturated carbocycles. The van der Waals surface area contributed by atoms with E-state index in [1.807, 2.05) is 120 Å². The van der Waals surface area contributed by atoms with Crippen LogP contribution in [0.5, 0.6) is 17.2 Å². The molecule has 6 heterocycles. The molecule has 0 unspecified atom stereocenters. The van der Waals surface area contributed by atoms with Gasteiger partial charge in [0.05, 0.1) is 73.2 Å². The molecular formula is C91H83BrCl2N6O12S6. The summed E-state index contributed by atoms with van der Waals surface area (Å²) in [7, 11) is 0. The third-order valence-corrected chi connectivity index (χ3v) is 26.6. The maximum Gasteiger partial charge on any atom is 0.221 e. The Morgan fingerprint density at radius 3 is 0.924 bits per heavy atom. The molecule has 0 radical (unpaired) electrons. The van der Waals surface area contributed by atoms with Crippen molar-refractivity contribution in [3.63, 3.8) is 0 Å². The largest absolute Gasteiger partial charge is 0.506 e. The Hall–Kier alpha value is -10.6. The number of nitrogens with two attached hydrogens (primary N) is 3. The van der Waals surface area contributed by atoms with Gasteiger partial charge in [-0.2, -0.15) is 0 Å². The summed E-state index contributed by atoms with van der Waals surface area (Å²) in [5, 5.41) is 38.7. The summed E-state index contributed by atoms with van der Waals surface area (Å²) in [5.41, 5.74) is 28.4. The monoisotopic (exact) mass is 1790 g/mol. The lowest BCUT2D eigenvalue weighted by Crippen LogP contribution is -2.13. The Labute approximate surface area is 725 Å². The van der Waals surface area contributed by atoms with E-state index in [-0.39, 0.29) is 114 Å². The number of amides is 3. The number of aromatic hydroxyl groups is 3. The van der Waals surface area contributed by atoms with Crippen molar-refractivity contribution in [2.75, 3.05) is 19.6 Å². The Morgan fingerprint density at radius 1 is 0.364 bits per heavy atom. The maximum absolute atomic E-state index is 12.8. The highest BCUT2D eigenvalue weighted by atomic mass is 79.9. The summed E-state index contributed by atoms with van der Waals surface area (Å²) in [6.45, 7) is 11.5. The number of carbonyl (C=O) groups excluding carboxylic acids is 9. The molecule has 606 valence electrons. The number of hydrogen-bond donors (Lipinski definition) is 6. The highest BCUT2D eigenvalue weighted by Gasteiger charge is 2.23. The van der Waals surface area contributed by atoms with Gasteiger partial charge in [-0.3, -0.25) is 58.1 Å². The highest BCUT2D eigenvalue weighted by Crippen LogP contribution is 2.43. The fraction of sp³-hybridized carbons (Fsp3) is 0.209. The fourth-order valence-electron chi connectivity index (χ4n) is 12.0. The van der Waals surface area contributed by atoms with Gasteiger partial charge in [0.15, 0.2) is 34.7 Å². The summed E-state index contributed by atoms with van der Waals surface area (Å²) in [5.74, 6) is -1.43. The zero-order valence-corrected chi connectivity index (χ0v) is 73.1. The second-order valence-electron chi connectivity index (χ2n) is 28.6. The smallest absolute Gasteiger partial charge is 0.221 e. The van der Waals surface area contributed by atoms with E-state index in [0.717, 1.165) is 75.6 Å². The molecule has 118 heavy (non-hydrogen) atoms. The van der Waals surface area contributed by atoms with Crippen LogP contribution < -0.4 is 17.2 Å². The molecule has 12 rings (SSSR count). The third-order valence-electron chi connectivity index (χ3n) is 18.7. The number of thiophene rings is 6. The number of Topliss-reactive ketones (excluding diaryl/α,β-unsaturated/α-hetero) is 6. The van der Waals surface area contributed by atoms with E-state index < -0.39 is 0 Å². The van der Waals surface area contributed by atoms with Gasteiger partial charge in [-0.25, -0.2) is 0 Å². The number of halogens is 3. The van der Waals surface area contributed by atoms with Crippen LogP contribution in [0.25, 0.3) is 31.3 Å². The average Bonchev–Trinajstić information content (AvgIpc) is 1.66. The van der Waals surface area contributed by atoms with Crippen molar-refractivity contribution < 1.29 is 58.5 Å². The number of nitrogens with zero attached hydrogens (tertiary/aromatic N) is 3. The van der Waals surface area contributed by atoms with Crippen molar-refractivity contribution >= 4 is 177 Å². The van der Waals surface area contributed by atoms with Gasteiger partial charge in [0.2, 0.25) is 17.7 Å². The molecular weight excluding hydrogens is 1710 g/mol. The van der Waals surface area contributed by atoms with Crippen LogP contribution in [0.3, 0.4) is 0 Å². The van der Waals surface area contributed by atoms with Gasteiger partial charge in [-0.1, -0.05) is 175 Å². The van der Waals surface area contributed by atoms with Gasteiger partial charge < -0.3 is 32.5 Å². The second kappa shape index (κ2) is 41.7. The molecule has 9 N–H and O–H groups in total. The molecule has 27 heteroatoms. The standard InChI is InChI=1S/C33H34N2O4S2.C29H25BrN2O4S2.C29H24Cl2N2O4S2/c1-20(25-19-40-32(31(25)39)23-10-12-24(13-11-23)33(2,3)4)35-18-27(37)29-16-15-28(41-29)26(36)14-9-21-5-7-22(8-6-21)17-30(34)38;1-17(22-16-37-29(28(22)36)20-7-9-21(30)10-8-20)32-15-24(34)26-13-12-25(38-26)23(33)11-6-18-2-4-19(5-3-18)14-27(31)35;1-16(20-15-38-29(28(20)37)19-7-8-21(30)22(31)13-19)33-14-24(35)26-11-10-25(39-26)23(34)9-6-17-2-4-18(5-3-17)12-27(32)36/h5-8,10-13,15-16,19,39H,9,14,17-18H2,1-4H3,(H2,34,38);2-5,7-10,12-13,16,36H,6,11,14-15H2,1H3,(H2,31,35);2-5,7-8,10-11,13,15,37H,6,9,12,14H2,1H3,(H2,32,36). The van der Waals surface area contributed by atoms with Crippen molar-refractivity contribution in [1.29, 1.82) is 0 Å². The van der Waals surface area contributed by atoms with Crippen LogP contribution in [0.1, 0.15) is 174 Å². The van der Waals surface area contributed by atoms with Crippen molar-refractivity contribution in [3.05, 3.63) is 291 Å². The number of aryl methyl sites for hydroxylation is 3. The summed E-state index contributed by atoms with van der Waals surface area (Å²) < 4.78 is 0.959. The Morgan fingerprint density at radius 2 is 0.636 bits per heavy atom. The van der Waals surface area contributed by atoms with Crippen LogP contribution in [-0.2, 0) is 58.3 Å². The first kappa shape index (κ1) is 89.8. The van der Waals surface area contributed by atoms with E-state index in [0.29, 0.717) is 117 Å². The van der Waals surface area contributed by atoms with Gasteiger partial charge in [0.25, 0.3) is 0 Å². The first-order chi connectivity index (χ1) is 56.2. The predicted molar refractivity (Wildman–Crippen MR) is 484 cm³/mol. The summed E-state index contributed by atoms with van der Waals surface area (Å²) in [6, 6.07) is 53.4. The van der Waals surface area contributed by atoms with Gasteiger partial charge in [0, 0.05) is 73.7 Å². The van der Waals surface area contributed by atoms with Gasteiger partial charge in [-0.15, -0.1) is 68.0 Å². The first-order valence-electron chi connectivity index (χ1n) is 37.1. The van der Waals surface area contributed by atoms with E-state index in [2.05, 4.69) is 63.8 Å². The average molecular weight is 1800 g/mol. The van der Waals surface area contributed by atoms with Crippen LogP contribution in [0.15, 0.2) is 212 Å². The van der Waals surface area contributed by atoms with Crippen LogP contribution in [0.4, 0.5) is 0 Å². The molecule has 0 saturated heterocycles. The molecule has 6 aromatic carbocycles. The van der Waals surface area contributed by atoms with E-state index in [1.165, 1.54) is 62.2 Å². The number of primary amides is 3. The quantitative estimate of drug-likeness (QED) is 0.0165. The van der Waals surface area contributed by atoms with E-state index in [4.69, 9.17) is 40.4 Å². The van der Waals surface area contributed by atoms with Gasteiger partial charge in [0.1, 0.15) is 36.9 Å². The topological polar surface area (TPSA) is 329 Å². The normalized spacial score (nSPS) is 11.7. The van der Waals surface area contributed by atoms with E-state index >= 15 is 0 Å². The van der Waals surface area contributed by atoms with Crippen molar-refractivity contribution in [2.24, 2.45) is 32.2 Å². The molecule has 18 nitrogen and oxygen atoms in total. The van der Waals surface area contributed by atoms with Gasteiger partial charge in [-0.05, 0) is 162 Å². The second-order valence-corrected chi connectivity index (χ2v) is 36.2. The Bertz CT molecular complexity index is 5790. The number of rotatable bonds is 33. The van der Waals surface area contributed by atoms with Crippen LogP contribution >= 0.6 is 107 Å². The first-order valence-corrected chi connectivity index (χ1v) is 43.7. The van der Waals surface area contributed by atoms with Crippen molar-refractivity contribution in [2.45, 2.75) is 105 Å². The Kier molecular flexibility index (Phi) is 31.7. The van der Waals surface area contributed by atoms with Crippen molar-refractivity contribution in [3.8, 4) is 48.6 Å². The molecule has 3 amide bonds. The molecule has 6 aromatic heterocycles. The van der Waals surface area contributed by atoms with Gasteiger partial charge >= 0.3 is 0 Å². The van der Waals surface area contributed by atoms with Crippen LogP contribution in [-0.4, -0.2) is 105 Å². The minimum Gasteiger partial charge on any atom is -0.506 e. The van der Waals surface area contributed by atoms with Crippen LogP contribution in [0.2, 0.25) is 10.0 Å². The number of hydrogen-bond acceptors (Lipinski definition) is 21. The number of aliphatic imine (C=N–C) groups is 3. The molecule has 0 fully saturated rings. The molecule has 0 aliphatic carbocycles. The minimum atomic E-state index is -0.388. The van der Waals surface area contributed by atoms with Crippen LogP contribution in [0, 0.1) is 0 Å². The number of benzene rings is 6. The maximum atomic E-state index is 12.8. The molecule has 0 spiro atoms. The SMILES string of the molecule is CC(=NCC(=O)c1ccc(C(=O)CCc2ccc(CC(N)=O)cc2)s1)c1csc(-c2ccc(Br)cc2)c1O.CC(=NCC(=O)c1ccc(C(=O)CCc2ccc(CC(N)=O)cc2)s1)c1csc(-c2ccc(C(C)(C)C)cc2)c1O.CC(=NCC(=O)c1ccc(C(=O)CCc2ccc(CC(N)=O)cc2)s1)c1csc(-c2ccc(Cl)c(Cl)c2)c1O. The lowest BCUT2D eigenvalue weighted by molar-refractivity contribution is -0.118. The fourth-order valence-corrected chi connectivity index (χ4v) is 18.3. The summed E-state index contributed by atoms with van der Waals surface area (Å²) in [4.78, 5) is 128. The lowest BCUT2D eigenvalue weighted by Gasteiger charge is -2.19. The molecule has 0 aliphatic heterocycles.